The van der Waals surface area contributed by atoms with E-state index in [0.29, 0.717) is 19.5 Å². The summed E-state index contributed by atoms with van der Waals surface area (Å²) >= 11 is 1.37. The van der Waals surface area contributed by atoms with Crippen LogP contribution < -0.4 is 4.90 Å². The number of benzene rings is 1. The van der Waals surface area contributed by atoms with Crippen LogP contribution in [-0.4, -0.2) is 29.9 Å². The van der Waals surface area contributed by atoms with Crippen LogP contribution in [-0.2, 0) is 17.1 Å². The van der Waals surface area contributed by atoms with Gasteiger partial charge < -0.3 is 4.90 Å². The normalized spacial score (nSPS) is 19.0. The summed E-state index contributed by atoms with van der Waals surface area (Å²) in [5.74, 6) is 0.270. The van der Waals surface area contributed by atoms with E-state index in [4.69, 9.17) is 0 Å². The van der Waals surface area contributed by atoms with Crippen molar-refractivity contribution in [3.05, 3.63) is 29.3 Å². The van der Waals surface area contributed by atoms with Crippen molar-refractivity contribution in [2.75, 3.05) is 23.7 Å². The molecule has 0 aliphatic carbocycles. The van der Waals surface area contributed by atoms with E-state index in [9.17, 15) is 31.1 Å². The van der Waals surface area contributed by atoms with Gasteiger partial charge in [0, 0.05) is 24.0 Å². The highest BCUT2D eigenvalue weighted by Crippen LogP contribution is 2.39. The summed E-state index contributed by atoms with van der Waals surface area (Å²) in [6.45, 7) is 2.10. The fourth-order valence-corrected chi connectivity index (χ4v) is 3.48. The molecule has 24 heavy (non-hydrogen) atoms. The van der Waals surface area contributed by atoms with E-state index >= 15 is 0 Å². The average molecular weight is 371 g/mol. The van der Waals surface area contributed by atoms with Gasteiger partial charge in [-0.3, -0.25) is 4.79 Å². The Morgan fingerprint density at radius 2 is 1.67 bits per heavy atom. The van der Waals surface area contributed by atoms with Crippen LogP contribution in [0.3, 0.4) is 0 Å². The lowest BCUT2D eigenvalue weighted by molar-refractivity contribution is -0.143. The maximum absolute atomic E-state index is 12.9. The maximum Gasteiger partial charge on any atom is 0.416 e. The molecule has 1 heterocycles. The lowest BCUT2D eigenvalue weighted by Crippen LogP contribution is -2.22. The predicted molar refractivity (Wildman–Crippen MR) is 80.2 cm³/mol. The third-order valence-electron chi connectivity index (χ3n) is 3.60. The van der Waals surface area contributed by atoms with E-state index in [0.717, 1.165) is 12.1 Å². The molecule has 1 aliphatic rings. The Hall–Kier alpha value is -1.38. The van der Waals surface area contributed by atoms with Crippen LogP contribution in [0, 0.1) is 0 Å². The molecular weight excluding hydrogens is 356 g/mol. The molecule has 1 aliphatic heterocycles. The Morgan fingerprint density at radius 1 is 1.12 bits per heavy atom. The van der Waals surface area contributed by atoms with Crippen LogP contribution in [0.15, 0.2) is 18.2 Å². The minimum Gasteiger partial charge on any atom is -0.370 e. The number of ketones is 1. The van der Waals surface area contributed by atoms with Crippen molar-refractivity contribution >= 4 is 23.2 Å². The van der Waals surface area contributed by atoms with Crippen LogP contribution in [0.25, 0.3) is 0 Å². The summed E-state index contributed by atoms with van der Waals surface area (Å²) in [4.78, 5) is 12.5. The summed E-state index contributed by atoms with van der Waals surface area (Å²) < 4.78 is 77.3. The highest BCUT2D eigenvalue weighted by molar-refractivity contribution is 8.00. The van der Waals surface area contributed by atoms with Gasteiger partial charge in [-0.1, -0.05) is 0 Å². The topological polar surface area (TPSA) is 20.3 Å². The van der Waals surface area contributed by atoms with E-state index < -0.39 is 23.5 Å². The zero-order valence-electron chi connectivity index (χ0n) is 12.7. The van der Waals surface area contributed by atoms with Gasteiger partial charge >= 0.3 is 12.4 Å². The van der Waals surface area contributed by atoms with Crippen LogP contribution in [0.1, 0.15) is 24.5 Å². The molecule has 2 rings (SSSR count). The minimum atomic E-state index is -4.85. The third kappa shape index (κ3) is 4.81. The molecule has 0 saturated carbocycles. The van der Waals surface area contributed by atoms with Crippen LogP contribution >= 0.6 is 11.8 Å². The highest BCUT2D eigenvalue weighted by Gasteiger charge is 2.38. The number of rotatable bonds is 4. The molecule has 0 amide bonds. The second-order valence-electron chi connectivity index (χ2n) is 5.63. The van der Waals surface area contributed by atoms with Crippen molar-refractivity contribution in [3.63, 3.8) is 0 Å². The van der Waals surface area contributed by atoms with Gasteiger partial charge in [-0.25, -0.2) is 0 Å². The first-order chi connectivity index (χ1) is 11.0. The number of hydrogen-bond acceptors (Lipinski definition) is 3. The minimum absolute atomic E-state index is 0.0118. The lowest BCUT2D eigenvalue weighted by atomic mass is 10.1. The van der Waals surface area contributed by atoms with Gasteiger partial charge in [0.05, 0.1) is 16.9 Å². The first-order valence-electron chi connectivity index (χ1n) is 7.12. The number of anilines is 1. The molecule has 0 bridgehead atoms. The fraction of sp³-hybridized carbons (Fsp3) is 0.533. The van der Waals surface area contributed by atoms with Gasteiger partial charge in [-0.05, 0) is 31.5 Å². The highest BCUT2D eigenvalue weighted by atomic mass is 32.2. The number of nitrogens with zero attached hydrogens (tertiary/aromatic N) is 1. The molecule has 0 radical (unpaired) electrons. The van der Waals surface area contributed by atoms with Gasteiger partial charge in [-0.2, -0.15) is 26.3 Å². The molecule has 1 fully saturated rings. The molecular formula is C15H15F6NOS. The summed E-state index contributed by atoms with van der Waals surface area (Å²) in [5, 5.41) is 0.0118. The molecule has 0 aromatic heterocycles. The first-order valence-corrected chi connectivity index (χ1v) is 8.17. The predicted octanol–water partition coefficient (Wildman–Crippen LogP) is 4.63. The molecule has 1 aromatic carbocycles. The molecule has 1 unspecified atom stereocenters. The fourth-order valence-electron chi connectivity index (χ4n) is 2.46. The van der Waals surface area contributed by atoms with E-state index in [1.807, 2.05) is 0 Å². The van der Waals surface area contributed by atoms with Crippen molar-refractivity contribution in [2.45, 2.75) is 30.9 Å². The number of carbonyl (C=O) groups is 1. The Labute approximate surface area is 139 Å². The standard InChI is InChI=1S/C15H15F6NOS/c1-9(23)8-24-13-2-3-22(7-13)12-5-10(14(16,17)18)4-11(6-12)15(19,20)21/h4-6,13H,2-3,7-8H2,1H3. The van der Waals surface area contributed by atoms with E-state index in [1.54, 1.807) is 0 Å². The molecule has 0 N–H and O–H groups in total. The Morgan fingerprint density at radius 3 is 2.12 bits per heavy atom. The van der Waals surface area contributed by atoms with Crippen LogP contribution in [0.2, 0.25) is 0 Å². The number of alkyl halides is 6. The number of Topliss-reactive ketones (excluding diaryl/α,β-unsaturated/α-hetero) is 1. The largest absolute Gasteiger partial charge is 0.416 e. The summed E-state index contributed by atoms with van der Waals surface area (Å²) in [6, 6.07) is 1.61. The zero-order valence-corrected chi connectivity index (χ0v) is 13.5. The molecule has 1 atom stereocenters. The van der Waals surface area contributed by atoms with Crippen LogP contribution in [0.4, 0.5) is 32.0 Å². The van der Waals surface area contributed by atoms with Crippen molar-refractivity contribution in [2.24, 2.45) is 0 Å². The second-order valence-corrected chi connectivity index (χ2v) is 6.92. The molecule has 0 spiro atoms. The van der Waals surface area contributed by atoms with Crippen molar-refractivity contribution < 1.29 is 31.1 Å². The number of halogens is 6. The average Bonchev–Trinajstić information content (AvgIpc) is 2.91. The lowest BCUT2D eigenvalue weighted by Gasteiger charge is -2.22. The molecule has 2 nitrogen and oxygen atoms in total. The molecule has 134 valence electrons. The van der Waals surface area contributed by atoms with Crippen LogP contribution in [0.5, 0.6) is 0 Å². The Balaban J connectivity index is 2.25. The van der Waals surface area contributed by atoms with Gasteiger partial charge in [0.15, 0.2) is 0 Å². The van der Waals surface area contributed by atoms with Gasteiger partial charge in [-0.15, -0.1) is 11.8 Å². The molecule has 9 heteroatoms. The zero-order chi connectivity index (χ0) is 18.1. The van der Waals surface area contributed by atoms with Gasteiger partial charge in [0.2, 0.25) is 0 Å². The maximum atomic E-state index is 12.9. The molecule has 1 saturated heterocycles. The smallest absolute Gasteiger partial charge is 0.370 e. The van der Waals surface area contributed by atoms with E-state index in [-0.39, 0.29) is 28.5 Å². The van der Waals surface area contributed by atoms with Crippen molar-refractivity contribution in [3.8, 4) is 0 Å². The van der Waals surface area contributed by atoms with E-state index in [2.05, 4.69) is 0 Å². The van der Waals surface area contributed by atoms with Crippen molar-refractivity contribution in [1.29, 1.82) is 0 Å². The number of thioether (sulfide) groups is 1. The third-order valence-corrected chi connectivity index (χ3v) is 5.03. The SMILES string of the molecule is CC(=O)CSC1CCN(c2cc(C(F)(F)F)cc(C(F)(F)F)c2)C1. The number of hydrogen-bond donors (Lipinski definition) is 0. The van der Waals surface area contributed by atoms with Gasteiger partial charge in [0.25, 0.3) is 0 Å². The Bertz CT molecular complexity index is 581. The summed E-state index contributed by atoms with van der Waals surface area (Å²) in [7, 11) is 0. The quantitative estimate of drug-likeness (QED) is 0.720. The van der Waals surface area contributed by atoms with Gasteiger partial charge in [0.1, 0.15) is 5.78 Å². The summed E-state index contributed by atoms with van der Waals surface area (Å²) in [6.07, 6.45) is -9.09. The van der Waals surface area contributed by atoms with Crippen molar-refractivity contribution in [1.82, 2.24) is 0 Å². The Kier molecular flexibility index (Phi) is 5.41. The summed E-state index contributed by atoms with van der Waals surface area (Å²) in [5.41, 5.74) is -2.72. The second kappa shape index (κ2) is 6.85. The first kappa shape index (κ1) is 19.0. The molecule has 1 aromatic rings. The number of carbonyl (C=O) groups excluding carboxylic acids is 1. The monoisotopic (exact) mass is 371 g/mol. The van der Waals surface area contributed by atoms with E-state index in [1.165, 1.54) is 23.6 Å².